The van der Waals surface area contributed by atoms with E-state index in [1.807, 2.05) is 18.2 Å². The van der Waals surface area contributed by atoms with Crippen LogP contribution in [-0.2, 0) is 9.84 Å². The lowest BCUT2D eigenvalue weighted by molar-refractivity contribution is 0.577. The summed E-state index contributed by atoms with van der Waals surface area (Å²) < 4.78 is 24.9. The molecule has 0 radical (unpaired) electrons. The average molecular weight is 310 g/mol. The molecule has 1 aliphatic rings. The van der Waals surface area contributed by atoms with Crippen LogP contribution in [-0.4, -0.2) is 26.8 Å². The van der Waals surface area contributed by atoms with Crippen molar-refractivity contribution in [1.82, 2.24) is 5.32 Å². The van der Waals surface area contributed by atoms with Crippen molar-refractivity contribution in [2.45, 2.75) is 23.8 Å². The highest BCUT2D eigenvalue weighted by molar-refractivity contribution is 7.91. The van der Waals surface area contributed by atoms with E-state index in [9.17, 15) is 8.42 Å². The molecule has 3 rings (SSSR count). The van der Waals surface area contributed by atoms with Gasteiger partial charge in [-0.15, -0.1) is 0 Å². The molecule has 0 spiro atoms. The van der Waals surface area contributed by atoms with E-state index in [-0.39, 0.29) is 11.8 Å². The molecule has 106 valence electrons. The van der Waals surface area contributed by atoms with Gasteiger partial charge in [-0.25, -0.2) is 8.42 Å². The zero-order chi connectivity index (χ0) is 14.2. The summed E-state index contributed by atoms with van der Waals surface area (Å²) in [5.74, 6) is 0.173. The first kappa shape index (κ1) is 13.9. The van der Waals surface area contributed by atoms with Crippen molar-refractivity contribution in [3.8, 4) is 0 Å². The van der Waals surface area contributed by atoms with Gasteiger partial charge in [-0.1, -0.05) is 23.7 Å². The Balaban J connectivity index is 1.94. The summed E-state index contributed by atoms with van der Waals surface area (Å²) in [7, 11) is -3.24. The third-order valence-electron chi connectivity index (χ3n) is 3.72. The van der Waals surface area contributed by atoms with Crippen LogP contribution in [0.1, 0.15) is 12.8 Å². The summed E-state index contributed by atoms with van der Waals surface area (Å²) in [5.41, 5.74) is 0. The Morgan fingerprint density at radius 2 is 1.90 bits per heavy atom. The largest absolute Gasteiger partial charge is 0.313 e. The molecule has 0 amide bonds. The van der Waals surface area contributed by atoms with Crippen molar-refractivity contribution in [1.29, 1.82) is 0 Å². The molecule has 0 aromatic heterocycles. The van der Waals surface area contributed by atoms with E-state index in [1.54, 1.807) is 18.2 Å². The molecule has 1 atom stereocenters. The van der Waals surface area contributed by atoms with Crippen LogP contribution in [0.3, 0.4) is 0 Å². The predicted molar refractivity (Wildman–Crippen MR) is 82.0 cm³/mol. The van der Waals surface area contributed by atoms with Crippen molar-refractivity contribution in [3.63, 3.8) is 0 Å². The molecular formula is C15H16ClNO2S. The Hall–Kier alpha value is -1.10. The third-order valence-corrected chi connectivity index (χ3v) is 5.76. The second kappa shape index (κ2) is 5.35. The van der Waals surface area contributed by atoms with Gasteiger partial charge in [-0.3, -0.25) is 0 Å². The van der Waals surface area contributed by atoms with Gasteiger partial charge in [0.1, 0.15) is 0 Å². The predicted octanol–water partition coefficient (Wildman–Crippen LogP) is 3.02. The lowest BCUT2D eigenvalue weighted by Gasteiger charge is -2.11. The molecule has 0 aliphatic carbocycles. The SMILES string of the molecule is O=S(=O)(CC1CCCN1)c1ccc2cc(Cl)ccc2c1. The lowest BCUT2D eigenvalue weighted by atomic mass is 10.1. The Morgan fingerprint density at radius 3 is 2.65 bits per heavy atom. The number of rotatable bonds is 3. The third kappa shape index (κ3) is 2.82. The van der Waals surface area contributed by atoms with Gasteiger partial charge < -0.3 is 5.32 Å². The topological polar surface area (TPSA) is 46.2 Å². The maximum absolute atomic E-state index is 12.4. The molecule has 0 saturated carbocycles. The van der Waals surface area contributed by atoms with Gasteiger partial charge in [0.2, 0.25) is 0 Å². The van der Waals surface area contributed by atoms with Crippen molar-refractivity contribution >= 4 is 32.2 Å². The molecule has 2 aromatic carbocycles. The van der Waals surface area contributed by atoms with Crippen molar-refractivity contribution in [2.75, 3.05) is 12.3 Å². The van der Waals surface area contributed by atoms with E-state index >= 15 is 0 Å². The number of benzene rings is 2. The minimum atomic E-state index is -3.24. The fraction of sp³-hybridized carbons (Fsp3) is 0.333. The fourth-order valence-corrected chi connectivity index (χ4v) is 4.42. The van der Waals surface area contributed by atoms with Crippen LogP contribution in [0.5, 0.6) is 0 Å². The van der Waals surface area contributed by atoms with E-state index in [4.69, 9.17) is 11.6 Å². The Kier molecular flexibility index (Phi) is 3.71. The van der Waals surface area contributed by atoms with Crippen molar-refractivity contribution in [2.24, 2.45) is 0 Å². The van der Waals surface area contributed by atoms with Gasteiger partial charge in [0, 0.05) is 11.1 Å². The summed E-state index contributed by atoms with van der Waals surface area (Å²) in [6, 6.07) is 10.8. The van der Waals surface area contributed by atoms with E-state index in [1.165, 1.54) is 0 Å². The summed E-state index contributed by atoms with van der Waals surface area (Å²) >= 11 is 5.94. The van der Waals surface area contributed by atoms with Crippen LogP contribution in [0, 0.1) is 0 Å². The zero-order valence-corrected chi connectivity index (χ0v) is 12.5. The van der Waals surface area contributed by atoms with Gasteiger partial charge in [-0.2, -0.15) is 0 Å². The van der Waals surface area contributed by atoms with E-state index in [0.717, 1.165) is 30.2 Å². The molecule has 20 heavy (non-hydrogen) atoms. The summed E-state index contributed by atoms with van der Waals surface area (Å²) in [6.07, 6.45) is 1.98. The monoisotopic (exact) mass is 309 g/mol. The van der Waals surface area contributed by atoms with Gasteiger partial charge in [0.25, 0.3) is 0 Å². The number of nitrogens with one attached hydrogen (secondary N) is 1. The highest BCUT2D eigenvalue weighted by Gasteiger charge is 2.23. The van der Waals surface area contributed by atoms with Crippen LogP contribution >= 0.6 is 11.6 Å². The molecule has 1 N–H and O–H groups in total. The minimum absolute atomic E-state index is 0.0842. The molecule has 3 nitrogen and oxygen atoms in total. The molecule has 1 unspecified atom stereocenters. The van der Waals surface area contributed by atoms with E-state index < -0.39 is 9.84 Å². The molecule has 1 fully saturated rings. The second-order valence-electron chi connectivity index (χ2n) is 5.23. The number of hydrogen-bond donors (Lipinski definition) is 1. The maximum Gasteiger partial charge on any atom is 0.179 e. The molecule has 1 saturated heterocycles. The maximum atomic E-state index is 12.4. The van der Waals surface area contributed by atoms with Crippen LogP contribution in [0.4, 0.5) is 0 Å². The van der Waals surface area contributed by atoms with Gasteiger partial charge in [0.05, 0.1) is 10.6 Å². The second-order valence-corrected chi connectivity index (χ2v) is 7.70. The minimum Gasteiger partial charge on any atom is -0.313 e. The standard InChI is InChI=1S/C15H16ClNO2S/c16-13-5-3-12-9-15(6-4-11(12)8-13)20(18,19)10-14-2-1-7-17-14/h3-6,8-9,14,17H,1-2,7,10H2. The Morgan fingerprint density at radius 1 is 1.15 bits per heavy atom. The smallest absolute Gasteiger partial charge is 0.179 e. The molecule has 5 heteroatoms. The zero-order valence-electron chi connectivity index (χ0n) is 11.0. The number of hydrogen-bond acceptors (Lipinski definition) is 3. The first-order chi connectivity index (χ1) is 9.54. The first-order valence-electron chi connectivity index (χ1n) is 6.70. The molecular weight excluding hydrogens is 294 g/mol. The summed E-state index contributed by atoms with van der Waals surface area (Å²) in [5, 5.41) is 5.74. The highest BCUT2D eigenvalue weighted by Crippen LogP contribution is 2.24. The van der Waals surface area contributed by atoms with Crippen LogP contribution in [0.2, 0.25) is 5.02 Å². The van der Waals surface area contributed by atoms with Crippen molar-refractivity contribution in [3.05, 3.63) is 41.4 Å². The summed E-state index contributed by atoms with van der Waals surface area (Å²) in [4.78, 5) is 0.390. The van der Waals surface area contributed by atoms with Gasteiger partial charge in [0.15, 0.2) is 9.84 Å². The van der Waals surface area contributed by atoms with Gasteiger partial charge >= 0.3 is 0 Å². The van der Waals surface area contributed by atoms with E-state index in [2.05, 4.69) is 5.32 Å². The van der Waals surface area contributed by atoms with Crippen LogP contribution < -0.4 is 5.32 Å². The van der Waals surface area contributed by atoms with Crippen LogP contribution in [0.25, 0.3) is 10.8 Å². The molecule has 2 aromatic rings. The van der Waals surface area contributed by atoms with Crippen LogP contribution in [0.15, 0.2) is 41.3 Å². The fourth-order valence-electron chi connectivity index (χ4n) is 2.65. The molecule has 1 heterocycles. The van der Waals surface area contributed by atoms with E-state index in [0.29, 0.717) is 9.92 Å². The summed E-state index contributed by atoms with van der Waals surface area (Å²) in [6.45, 7) is 0.913. The lowest BCUT2D eigenvalue weighted by Crippen LogP contribution is -2.29. The number of halogens is 1. The molecule has 0 bridgehead atoms. The Labute approximate surface area is 123 Å². The molecule has 1 aliphatic heterocycles. The number of fused-ring (bicyclic) bond motifs is 1. The quantitative estimate of drug-likeness (QED) is 0.948. The normalized spacial score (nSPS) is 19.6. The number of sulfone groups is 1. The first-order valence-corrected chi connectivity index (χ1v) is 8.73. The van der Waals surface area contributed by atoms with Gasteiger partial charge in [-0.05, 0) is 54.4 Å². The average Bonchev–Trinajstić information content (AvgIpc) is 2.90. The highest BCUT2D eigenvalue weighted by atomic mass is 35.5. The van der Waals surface area contributed by atoms with Crippen molar-refractivity contribution < 1.29 is 8.42 Å². The Bertz CT molecular complexity index is 737.